The molecule has 4 rings (SSSR count). The van der Waals surface area contributed by atoms with Crippen LogP contribution in [-0.2, 0) is 16.1 Å². The number of para-hydroxylation sites is 1. The lowest BCUT2D eigenvalue weighted by Gasteiger charge is -2.28. The van der Waals surface area contributed by atoms with Gasteiger partial charge in [-0.1, -0.05) is 41.4 Å². The number of allylic oxidation sites excluding steroid dienone is 1. The van der Waals surface area contributed by atoms with E-state index in [1.54, 1.807) is 68.4 Å². The van der Waals surface area contributed by atoms with Crippen LogP contribution >= 0.6 is 23.2 Å². The molecule has 14 heteroatoms. The molecule has 0 aliphatic carbocycles. The predicted octanol–water partition coefficient (Wildman–Crippen LogP) is 5.10. The molecule has 12 nitrogen and oxygen atoms in total. The van der Waals surface area contributed by atoms with E-state index in [9.17, 15) is 14.7 Å². The summed E-state index contributed by atoms with van der Waals surface area (Å²) in [5.74, 6) is 1.02. The number of carbonyl (C=O) groups excluding carboxylic acids is 2. The number of hydrazone groups is 1. The number of carbonyl (C=O) groups is 2. The number of hydrogen-bond acceptors (Lipinski definition) is 10. The van der Waals surface area contributed by atoms with Crippen LogP contribution in [-0.4, -0.2) is 57.0 Å². The molecule has 0 unspecified atom stereocenters. The van der Waals surface area contributed by atoms with Gasteiger partial charge in [0.1, 0.15) is 13.2 Å². The summed E-state index contributed by atoms with van der Waals surface area (Å²) in [6.45, 7) is 3.71. The molecule has 3 aromatic rings. The molecular formula is C32H34Cl2N4O8. The van der Waals surface area contributed by atoms with Gasteiger partial charge in [0.25, 0.3) is 0 Å². The van der Waals surface area contributed by atoms with Gasteiger partial charge in [-0.2, -0.15) is 5.10 Å². The number of nitrogens with zero attached hydrogens (tertiary/aromatic N) is 1. The van der Waals surface area contributed by atoms with E-state index in [4.69, 9.17) is 46.9 Å². The summed E-state index contributed by atoms with van der Waals surface area (Å²) < 4.78 is 28.0. The number of esters is 1. The molecule has 0 spiro atoms. The molecule has 0 aromatic heterocycles. The second-order valence-corrected chi connectivity index (χ2v) is 10.7. The van der Waals surface area contributed by atoms with E-state index in [0.29, 0.717) is 56.5 Å². The van der Waals surface area contributed by atoms with E-state index in [1.165, 1.54) is 20.4 Å². The highest BCUT2D eigenvalue weighted by Gasteiger charge is 2.32. The van der Waals surface area contributed by atoms with Crippen LogP contribution in [0.25, 0.3) is 0 Å². The van der Waals surface area contributed by atoms with Crippen LogP contribution in [0.2, 0.25) is 10.0 Å². The molecule has 0 radical (unpaired) electrons. The summed E-state index contributed by atoms with van der Waals surface area (Å²) in [5, 5.41) is 21.0. The Kier molecular flexibility index (Phi) is 12.0. The van der Waals surface area contributed by atoms with E-state index in [2.05, 4.69) is 21.2 Å². The Hall–Kier alpha value is -4.65. The number of aliphatic hydroxyl groups excluding tert-OH is 1. The van der Waals surface area contributed by atoms with Gasteiger partial charge >= 0.3 is 12.0 Å². The minimum atomic E-state index is -1.20. The van der Waals surface area contributed by atoms with Crippen molar-refractivity contribution >= 4 is 41.4 Å². The fourth-order valence-electron chi connectivity index (χ4n) is 4.55. The van der Waals surface area contributed by atoms with Crippen LogP contribution in [0.4, 0.5) is 4.79 Å². The first kappa shape index (κ1) is 34.2. The molecule has 0 saturated heterocycles. The summed E-state index contributed by atoms with van der Waals surface area (Å²) >= 11 is 12.3. The number of benzene rings is 3. The standard InChI is InChI=1S/C32H34Cl2N4O8/c1-5-44-26-13-19(29-28(31(40)43-4)18(2)36-32(41)37-29)10-12-24(26)45-17-27(39)38-35-15-20-7-6-8-25(42-3)30(20)46-16-21-9-11-22(33)14-23(21)34/h6-15,27,29,38-39H,5,16-17H2,1-4H3,(H2,36,37,41)/b35-15+/t27-,29+/m0/s1. The van der Waals surface area contributed by atoms with E-state index in [0.717, 1.165) is 5.56 Å². The molecular weight excluding hydrogens is 639 g/mol. The van der Waals surface area contributed by atoms with Crippen molar-refractivity contribution in [2.45, 2.75) is 32.7 Å². The summed E-state index contributed by atoms with van der Waals surface area (Å²) in [6.07, 6.45) is 0.278. The van der Waals surface area contributed by atoms with Gasteiger partial charge in [-0.05, 0) is 55.8 Å². The zero-order chi connectivity index (χ0) is 33.2. The van der Waals surface area contributed by atoms with Crippen LogP contribution in [0.5, 0.6) is 23.0 Å². The SMILES string of the molecule is CCOc1cc([C@H]2NC(=O)NC(C)=C2C(=O)OC)ccc1OC[C@H](O)N/N=C/c1cccc(OC)c1OCc1ccc(Cl)cc1Cl. The molecule has 2 amide bonds. The van der Waals surface area contributed by atoms with Crippen molar-refractivity contribution in [2.24, 2.45) is 5.10 Å². The Balaban J connectivity index is 1.42. The fraction of sp³-hybridized carbons (Fsp3) is 0.281. The van der Waals surface area contributed by atoms with Crippen LogP contribution in [0.3, 0.4) is 0 Å². The van der Waals surface area contributed by atoms with Gasteiger partial charge in [-0.25, -0.2) is 9.59 Å². The number of nitrogens with one attached hydrogen (secondary N) is 3. The van der Waals surface area contributed by atoms with E-state index in [-0.39, 0.29) is 18.8 Å². The van der Waals surface area contributed by atoms with Crippen LogP contribution in [0.15, 0.2) is 71.0 Å². The second-order valence-electron chi connectivity index (χ2n) is 9.82. The minimum absolute atomic E-state index is 0.159. The molecule has 4 N–H and O–H groups in total. The van der Waals surface area contributed by atoms with Crippen LogP contribution in [0.1, 0.15) is 36.6 Å². The van der Waals surface area contributed by atoms with Gasteiger partial charge in [0.15, 0.2) is 29.2 Å². The maximum absolute atomic E-state index is 12.5. The maximum atomic E-state index is 12.5. The van der Waals surface area contributed by atoms with Crippen molar-refractivity contribution < 1.29 is 38.4 Å². The van der Waals surface area contributed by atoms with E-state index >= 15 is 0 Å². The summed E-state index contributed by atoms with van der Waals surface area (Å²) in [6, 6.07) is 14.2. The molecule has 2 atom stereocenters. The molecule has 1 aliphatic heterocycles. The van der Waals surface area contributed by atoms with Crippen molar-refractivity contribution in [1.82, 2.24) is 16.1 Å². The number of methoxy groups -OCH3 is 2. The first-order chi connectivity index (χ1) is 22.1. The number of rotatable bonds is 14. The van der Waals surface area contributed by atoms with Crippen LogP contribution in [0, 0.1) is 0 Å². The average molecular weight is 674 g/mol. The normalized spacial score (nSPS) is 15.1. The first-order valence-electron chi connectivity index (χ1n) is 14.1. The summed E-state index contributed by atoms with van der Waals surface area (Å²) in [5.41, 5.74) is 5.15. The lowest BCUT2D eigenvalue weighted by Crippen LogP contribution is -2.45. The third-order valence-corrected chi connectivity index (χ3v) is 7.30. The van der Waals surface area contributed by atoms with Crippen molar-refractivity contribution in [2.75, 3.05) is 27.4 Å². The fourth-order valence-corrected chi connectivity index (χ4v) is 5.02. The molecule has 1 heterocycles. The quantitative estimate of drug-likeness (QED) is 0.0794. The maximum Gasteiger partial charge on any atom is 0.337 e. The van der Waals surface area contributed by atoms with Crippen molar-refractivity contribution in [3.63, 3.8) is 0 Å². The molecule has 244 valence electrons. The zero-order valence-corrected chi connectivity index (χ0v) is 27.1. The molecule has 0 bridgehead atoms. The topological polar surface area (TPSA) is 149 Å². The monoisotopic (exact) mass is 672 g/mol. The van der Waals surface area contributed by atoms with Gasteiger partial charge in [-0.3, -0.25) is 5.43 Å². The minimum Gasteiger partial charge on any atom is -0.493 e. The Morgan fingerprint density at radius 1 is 1.07 bits per heavy atom. The van der Waals surface area contributed by atoms with Crippen molar-refractivity contribution in [1.29, 1.82) is 0 Å². The predicted molar refractivity (Wildman–Crippen MR) is 173 cm³/mol. The highest BCUT2D eigenvalue weighted by atomic mass is 35.5. The van der Waals surface area contributed by atoms with Crippen LogP contribution < -0.4 is 35.0 Å². The molecule has 0 fully saturated rings. The molecule has 3 aromatic carbocycles. The smallest absolute Gasteiger partial charge is 0.337 e. The van der Waals surface area contributed by atoms with Gasteiger partial charge in [-0.15, -0.1) is 0 Å². The third kappa shape index (κ3) is 8.53. The highest BCUT2D eigenvalue weighted by molar-refractivity contribution is 6.35. The number of ether oxygens (including phenoxy) is 5. The van der Waals surface area contributed by atoms with Gasteiger partial charge in [0.05, 0.1) is 38.7 Å². The largest absolute Gasteiger partial charge is 0.493 e. The Bertz CT molecular complexity index is 1630. The molecule has 1 aliphatic rings. The Morgan fingerprint density at radius 3 is 2.59 bits per heavy atom. The first-order valence-corrected chi connectivity index (χ1v) is 14.9. The molecule has 0 saturated carbocycles. The number of urea groups is 1. The van der Waals surface area contributed by atoms with Gasteiger partial charge < -0.3 is 39.4 Å². The van der Waals surface area contributed by atoms with Crippen molar-refractivity contribution in [3.05, 3.63) is 92.6 Å². The summed E-state index contributed by atoms with van der Waals surface area (Å²) in [4.78, 5) is 24.6. The zero-order valence-electron chi connectivity index (χ0n) is 25.6. The average Bonchev–Trinajstić information content (AvgIpc) is 3.03. The number of amides is 2. The lowest BCUT2D eigenvalue weighted by atomic mass is 9.95. The van der Waals surface area contributed by atoms with E-state index < -0.39 is 24.3 Å². The highest BCUT2D eigenvalue weighted by Crippen LogP contribution is 2.35. The lowest BCUT2D eigenvalue weighted by molar-refractivity contribution is -0.136. The number of halogens is 2. The molecule has 46 heavy (non-hydrogen) atoms. The Labute approximate surface area is 276 Å². The second kappa shape index (κ2) is 16.1. The summed E-state index contributed by atoms with van der Waals surface area (Å²) in [7, 11) is 2.80. The number of hydrogen-bond donors (Lipinski definition) is 4. The van der Waals surface area contributed by atoms with Crippen molar-refractivity contribution in [3.8, 4) is 23.0 Å². The number of aliphatic hydroxyl groups is 1. The van der Waals surface area contributed by atoms with Gasteiger partial charge in [0, 0.05) is 26.9 Å². The van der Waals surface area contributed by atoms with E-state index in [1.807, 2.05) is 0 Å². The third-order valence-electron chi connectivity index (χ3n) is 6.72. The Morgan fingerprint density at radius 2 is 1.87 bits per heavy atom. The van der Waals surface area contributed by atoms with Gasteiger partial charge in [0.2, 0.25) is 0 Å².